The van der Waals surface area contributed by atoms with E-state index in [-0.39, 0.29) is 18.1 Å². The molecule has 1 amide bonds. The summed E-state index contributed by atoms with van der Waals surface area (Å²) in [4.78, 5) is 19.8. The molecule has 27 heavy (non-hydrogen) atoms. The van der Waals surface area contributed by atoms with Crippen molar-refractivity contribution in [2.24, 2.45) is 0 Å². The van der Waals surface area contributed by atoms with Crippen LogP contribution >= 0.6 is 0 Å². The number of carbonyl (C=O) groups excluding carboxylic acids is 1. The first-order valence-corrected chi connectivity index (χ1v) is 7.93. The van der Waals surface area contributed by atoms with E-state index in [1.807, 2.05) is 0 Å². The van der Waals surface area contributed by atoms with E-state index in [2.05, 4.69) is 20.4 Å². The molecule has 1 aromatic carbocycles. The van der Waals surface area contributed by atoms with Gasteiger partial charge in [0.1, 0.15) is 5.75 Å². The molecule has 3 rings (SSSR count). The number of rotatable bonds is 4. The minimum absolute atomic E-state index is 0.0617. The van der Waals surface area contributed by atoms with Gasteiger partial charge in [-0.3, -0.25) is 4.79 Å². The zero-order valence-corrected chi connectivity index (χ0v) is 14.8. The predicted octanol–water partition coefficient (Wildman–Crippen LogP) is 2.95. The molecule has 1 N–H and O–H groups in total. The lowest BCUT2D eigenvalue weighted by molar-refractivity contribution is -0.144. The van der Waals surface area contributed by atoms with Gasteiger partial charge in [-0.1, -0.05) is 0 Å². The Balaban J connectivity index is 1.86. The molecule has 0 aliphatic carbocycles. The third-order valence-electron chi connectivity index (χ3n) is 4.01. The summed E-state index contributed by atoms with van der Waals surface area (Å²) in [5.41, 5.74) is 1.87. The van der Waals surface area contributed by atoms with Gasteiger partial charge < -0.3 is 10.1 Å². The lowest BCUT2D eigenvalue weighted by Crippen LogP contribution is -2.17. The molecule has 0 aliphatic heterocycles. The fourth-order valence-electron chi connectivity index (χ4n) is 2.62. The highest BCUT2D eigenvalue weighted by Gasteiger charge is 2.37. The number of ether oxygens (including phenoxy) is 1. The van der Waals surface area contributed by atoms with Crippen LogP contribution in [0.5, 0.6) is 5.75 Å². The lowest BCUT2D eigenvalue weighted by atomic mass is 10.1. The molecule has 0 saturated carbocycles. The topological polar surface area (TPSA) is 81.4 Å². The number of methoxy groups -OCH3 is 1. The van der Waals surface area contributed by atoms with E-state index in [4.69, 9.17) is 4.74 Å². The van der Waals surface area contributed by atoms with E-state index >= 15 is 0 Å². The van der Waals surface area contributed by atoms with Crippen LogP contribution in [0.15, 0.2) is 24.3 Å². The molecular formula is C17H16F3N5O2. The Labute approximate surface area is 152 Å². The highest BCUT2D eigenvalue weighted by atomic mass is 19.4. The van der Waals surface area contributed by atoms with Crippen LogP contribution in [0.2, 0.25) is 0 Å². The number of nitrogens with zero attached hydrogens (tertiary/aromatic N) is 4. The van der Waals surface area contributed by atoms with Crippen molar-refractivity contribution < 1.29 is 22.7 Å². The molecule has 0 saturated heterocycles. The standard InChI is InChI=1S/C17H16F3N5O2/c1-9-13(8-14(26)22-11-4-6-12(27-3)7-5-11)10(2)25-16(21-9)23-15(24-25)17(18,19)20/h4-7H,8H2,1-3H3,(H,22,26). The summed E-state index contributed by atoms with van der Waals surface area (Å²) in [6.45, 7) is 3.19. The van der Waals surface area contributed by atoms with Gasteiger partial charge in [0.15, 0.2) is 0 Å². The van der Waals surface area contributed by atoms with Crippen molar-refractivity contribution in [3.8, 4) is 5.75 Å². The molecule has 10 heteroatoms. The van der Waals surface area contributed by atoms with Crippen molar-refractivity contribution in [3.63, 3.8) is 0 Å². The van der Waals surface area contributed by atoms with Crippen LogP contribution in [-0.2, 0) is 17.4 Å². The largest absolute Gasteiger partial charge is 0.497 e. The van der Waals surface area contributed by atoms with E-state index < -0.39 is 12.0 Å². The number of amides is 1. The smallest absolute Gasteiger partial charge is 0.453 e. The molecule has 7 nitrogen and oxygen atoms in total. The van der Waals surface area contributed by atoms with Gasteiger partial charge in [0, 0.05) is 22.6 Å². The molecule has 0 radical (unpaired) electrons. The quantitative estimate of drug-likeness (QED) is 0.754. The Kier molecular flexibility index (Phi) is 4.73. The van der Waals surface area contributed by atoms with Gasteiger partial charge in [0.05, 0.1) is 13.5 Å². The maximum absolute atomic E-state index is 12.8. The van der Waals surface area contributed by atoms with Crippen LogP contribution in [0.3, 0.4) is 0 Å². The zero-order chi connectivity index (χ0) is 19.8. The average Bonchev–Trinajstić information content (AvgIpc) is 3.04. The molecule has 2 heterocycles. The van der Waals surface area contributed by atoms with Crippen molar-refractivity contribution in [3.05, 3.63) is 47.0 Å². The summed E-state index contributed by atoms with van der Waals surface area (Å²) in [5.74, 6) is -1.10. The third kappa shape index (κ3) is 3.83. The molecule has 3 aromatic rings. The number of aromatic nitrogens is 4. The Bertz CT molecular complexity index is 996. The van der Waals surface area contributed by atoms with Gasteiger partial charge in [-0.15, -0.1) is 5.10 Å². The van der Waals surface area contributed by atoms with Gasteiger partial charge >= 0.3 is 6.18 Å². The third-order valence-corrected chi connectivity index (χ3v) is 4.01. The Hall–Kier alpha value is -3.17. The molecule has 142 valence electrons. The highest BCUT2D eigenvalue weighted by Crippen LogP contribution is 2.27. The maximum Gasteiger partial charge on any atom is 0.453 e. The fourth-order valence-corrected chi connectivity index (χ4v) is 2.62. The number of aryl methyl sites for hydroxylation is 2. The fraction of sp³-hybridized carbons (Fsp3) is 0.294. The monoisotopic (exact) mass is 379 g/mol. The van der Waals surface area contributed by atoms with Crippen molar-refractivity contribution >= 4 is 17.4 Å². The lowest BCUT2D eigenvalue weighted by Gasteiger charge is -2.11. The summed E-state index contributed by atoms with van der Waals surface area (Å²) in [6, 6.07) is 6.78. The van der Waals surface area contributed by atoms with Gasteiger partial charge in [0.25, 0.3) is 11.6 Å². The van der Waals surface area contributed by atoms with E-state index in [9.17, 15) is 18.0 Å². The predicted molar refractivity (Wildman–Crippen MR) is 90.6 cm³/mol. The summed E-state index contributed by atoms with van der Waals surface area (Å²) < 4.78 is 44.5. The van der Waals surface area contributed by atoms with Crippen LogP contribution in [0.4, 0.5) is 18.9 Å². The van der Waals surface area contributed by atoms with Crippen LogP contribution in [-0.4, -0.2) is 32.6 Å². The SMILES string of the molecule is COc1ccc(NC(=O)Cc2c(C)nc3nc(C(F)(F)F)nn3c2C)cc1. The summed E-state index contributed by atoms with van der Waals surface area (Å²) in [7, 11) is 1.54. The van der Waals surface area contributed by atoms with Gasteiger partial charge in [-0.2, -0.15) is 18.2 Å². The molecule has 0 spiro atoms. The molecule has 0 atom stereocenters. The van der Waals surface area contributed by atoms with E-state index in [0.29, 0.717) is 28.4 Å². The van der Waals surface area contributed by atoms with E-state index in [1.54, 1.807) is 38.1 Å². The number of fused-ring (bicyclic) bond motifs is 1. The number of alkyl halides is 3. The second kappa shape index (κ2) is 6.86. The maximum atomic E-state index is 12.8. The van der Waals surface area contributed by atoms with Crippen LogP contribution < -0.4 is 10.1 Å². The second-order valence-corrected chi connectivity index (χ2v) is 5.86. The molecule has 0 fully saturated rings. The molecular weight excluding hydrogens is 363 g/mol. The molecule has 0 bridgehead atoms. The first-order chi connectivity index (χ1) is 12.7. The number of hydrogen-bond acceptors (Lipinski definition) is 5. The number of hydrogen-bond donors (Lipinski definition) is 1. The summed E-state index contributed by atoms with van der Waals surface area (Å²) >= 11 is 0. The van der Waals surface area contributed by atoms with Crippen molar-refractivity contribution in [1.82, 2.24) is 19.6 Å². The minimum atomic E-state index is -4.67. The molecule has 2 aromatic heterocycles. The van der Waals surface area contributed by atoms with Crippen molar-refractivity contribution in [2.75, 3.05) is 12.4 Å². The number of anilines is 1. The van der Waals surface area contributed by atoms with Crippen molar-refractivity contribution in [2.45, 2.75) is 26.4 Å². The number of benzene rings is 1. The highest BCUT2D eigenvalue weighted by molar-refractivity contribution is 5.92. The zero-order valence-electron chi connectivity index (χ0n) is 14.8. The van der Waals surface area contributed by atoms with Crippen LogP contribution in [0.1, 0.15) is 22.8 Å². The Morgan fingerprint density at radius 1 is 1.19 bits per heavy atom. The molecule has 0 unspecified atom stereocenters. The summed E-state index contributed by atoms with van der Waals surface area (Å²) in [5, 5.41) is 6.19. The minimum Gasteiger partial charge on any atom is -0.497 e. The van der Waals surface area contributed by atoms with Crippen LogP contribution in [0.25, 0.3) is 5.78 Å². The van der Waals surface area contributed by atoms with Gasteiger partial charge in [-0.25, -0.2) is 9.50 Å². The molecule has 0 aliphatic rings. The van der Waals surface area contributed by atoms with Crippen LogP contribution in [0, 0.1) is 13.8 Å². The number of carbonyl (C=O) groups is 1. The first-order valence-electron chi connectivity index (χ1n) is 7.93. The first kappa shape index (κ1) is 18.6. The van der Waals surface area contributed by atoms with E-state index in [0.717, 1.165) is 4.52 Å². The summed E-state index contributed by atoms with van der Waals surface area (Å²) in [6.07, 6.45) is -4.73. The van der Waals surface area contributed by atoms with E-state index in [1.165, 1.54) is 7.11 Å². The second-order valence-electron chi connectivity index (χ2n) is 5.86. The van der Waals surface area contributed by atoms with Gasteiger partial charge in [-0.05, 0) is 38.1 Å². The van der Waals surface area contributed by atoms with Gasteiger partial charge in [0.2, 0.25) is 5.91 Å². The Morgan fingerprint density at radius 3 is 2.44 bits per heavy atom. The number of halogens is 3. The van der Waals surface area contributed by atoms with Crippen molar-refractivity contribution in [1.29, 1.82) is 0 Å². The Morgan fingerprint density at radius 2 is 1.85 bits per heavy atom. The normalized spacial score (nSPS) is 11.6. The average molecular weight is 379 g/mol. The number of nitrogens with one attached hydrogen (secondary N) is 1.